The lowest BCUT2D eigenvalue weighted by Gasteiger charge is -2.28. The second-order valence-corrected chi connectivity index (χ2v) is 6.66. The van der Waals surface area contributed by atoms with Gasteiger partial charge >= 0.3 is 5.97 Å². The maximum atomic E-state index is 11.9. The Morgan fingerprint density at radius 2 is 2.00 bits per heavy atom. The van der Waals surface area contributed by atoms with Gasteiger partial charge in [0.2, 0.25) is 0 Å². The molecule has 1 aromatic carbocycles. The van der Waals surface area contributed by atoms with Gasteiger partial charge in [-0.1, -0.05) is 31.4 Å². The molecule has 6 heteroatoms. The number of amidine groups is 1. The number of nitrogens with one attached hydrogen (secondary N) is 1. The lowest BCUT2D eigenvalue weighted by molar-refractivity contribution is -0.140. The molecule has 0 amide bonds. The predicted molar refractivity (Wildman–Crippen MR) is 80.5 cm³/mol. The summed E-state index contributed by atoms with van der Waals surface area (Å²) in [6.07, 6.45) is 5.16. The van der Waals surface area contributed by atoms with E-state index in [4.69, 9.17) is 0 Å². The van der Waals surface area contributed by atoms with Gasteiger partial charge in [-0.25, -0.2) is 9.00 Å². The largest absolute Gasteiger partial charge is 0.480 e. The third-order valence-corrected chi connectivity index (χ3v) is 5.26. The normalized spacial score (nSPS) is 23.2. The van der Waals surface area contributed by atoms with Gasteiger partial charge in [-0.05, 0) is 30.9 Å². The number of nitrogens with zero attached hydrogens (tertiary/aromatic N) is 1. The van der Waals surface area contributed by atoms with Gasteiger partial charge in [0.05, 0.1) is 4.90 Å². The lowest BCUT2D eigenvalue weighted by Crippen LogP contribution is -2.46. The summed E-state index contributed by atoms with van der Waals surface area (Å²) in [6, 6.07) is 6.58. The highest BCUT2D eigenvalue weighted by Gasteiger charge is 2.32. The Hall–Kier alpha value is -1.69. The SMILES string of the molecule is O=C(O)C(NC1=NS(=O)c2ccccc21)C1CCCCC1. The van der Waals surface area contributed by atoms with Gasteiger partial charge in [0.25, 0.3) is 0 Å². The molecule has 5 nitrogen and oxygen atoms in total. The Morgan fingerprint density at radius 3 is 2.71 bits per heavy atom. The summed E-state index contributed by atoms with van der Waals surface area (Å²) in [5, 5.41) is 12.5. The molecule has 0 aromatic heterocycles. The molecule has 0 bridgehead atoms. The van der Waals surface area contributed by atoms with Crippen LogP contribution in [0.15, 0.2) is 33.6 Å². The molecule has 0 spiro atoms. The summed E-state index contributed by atoms with van der Waals surface area (Å²) < 4.78 is 16.0. The number of fused-ring (bicyclic) bond motifs is 1. The first-order valence-electron chi connectivity index (χ1n) is 7.26. The van der Waals surface area contributed by atoms with Crippen LogP contribution < -0.4 is 5.32 Å². The van der Waals surface area contributed by atoms with Crippen LogP contribution in [0.3, 0.4) is 0 Å². The van der Waals surface area contributed by atoms with Crippen LogP contribution in [-0.4, -0.2) is 27.2 Å². The molecule has 1 fully saturated rings. The molecule has 1 aromatic rings. The van der Waals surface area contributed by atoms with Gasteiger partial charge in [-0.2, -0.15) is 4.40 Å². The van der Waals surface area contributed by atoms with E-state index in [-0.39, 0.29) is 5.92 Å². The average Bonchev–Trinajstić information content (AvgIpc) is 2.82. The highest BCUT2D eigenvalue weighted by atomic mass is 32.2. The van der Waals surface area contributed by atoms with Crippen molar-refractivity contribution < 1.29 is 14.1 Å². The van der Waals surface area contributed by atoms with Crippen molar-refractivity contribution in [2.75, 3.05) is 0 Å². The van der Waals surface area contributed by atoms with Crippen LogP contribution in [0.25, 0.3) is 0 Å². The fraction of sp³-hybridized carbons (Fsp3) is 0.467. The number of benzene rings is 1. The molecular weight excluding hydrogens is 288 g/mol. The summed E-state index contributed by atoms with van der Waals surface area (Å²) in [4.78, 5) is 12.2. The van der Waals surface area contributed by atoms with Crippen molar-refractivity contribution in [3.05, 3.63) is 29.8 Å². The minimum atomic E-state index is -1.43. The van der Waals surface area contributed by atoms with E-state index in [9.17, 15) is 14.1 Å². The molecule has 2 N–H and O–H groups in total. The maximum absolute atomic E-state index is 11.9. The Kier molecular flexibility index (Phi) is 4.05. The quantitative estimate of drug-likeness (QED) is 0.896. The van der Waals surface area contributed by atoms with Crippen LogP contribution in [0.2, 0.25) is 0 Å². The summed E-state index contributed by atoms with van der Waals surface area (Å²) in [5.41, 5.74) is 0.748. The third-order valence-electron chi connectivity index (χ3n) is 4.18. The highest BCUT2D eigenvalue weighted by molar-refractivity contribution is 7.84. The van der Waals surface area contributed by atoms with Crippen LogP contribution in [0.5, 0.6) is 0 Å². The van der Waals surface area contributed by atoms with Crippen LogP contribution in [-0.2, 0) is 15.8 Å². The number of aliphatic carboxylic acids is 1. The molecule has 1 heterocycles. The van der Waals surface area contributed by atoms with E-state index in [1.165, 1.54) is 6.42 Å². The smallest absolute Gasteiger partial charge is 0.326 e. The Labute approximate surface area is 126 Å². The number of hydrogen-bond donors (Lipinski definition) is 2. The highest BCUT2D eigenvalue weighted by Crippen LogP contribution is 2.28. The fourth-order valence-corrected chi connectivity index (χ4v) is 4.06. The van der Waals surface area contributed by atoms with Crippen LogP contribution in [0.1, 0.15) is 37.7 Å². The number of hydrogen-bond acceptors (Lipinski definition) is 3. The van der Waals surface area contributed by atoms with Gasteiger partial charge in [-0.3, -0.25) is 0 Å². The van der Waals surface area contributed by atoms with E-state index in [1.54, 1.807) is 6.07 Å². The molecule has 0 radical (unpaired) electrons. The summed E-state index contributed by atoms with van der Waals surface area (Å²) in [5.74, 6) is -0.304. The molecule has 3 rings (SSSR count). The molecule has 2 aliphatic rings. The lowest BCUT2D eigenvalue weighted by atomic mass is 9.84. The third kappa shape index (κ3) is 2.85. The van der Waals surface area contributed by atoms with Crippen molar-refractivity contribution in [1.82, 2.24) is 5.32 Å². The van der Waals surface area contributed by atoms with Gasteiger partial charge in [0, 0.05) is 5.56 Å². The van der Waals surface area contributed by atoms with Gasteiger partial charge in [0.15, 0.2) is 11.0 Å². The predicted octanol–water partition coefficient (Wildman–Crippen LogP) is 2.09. The maximum Gasteiger partial charge on any atom is 0.326 e. The number of carboxylic acid groups (broad SMARTS) is 1. The zero-order valence-corrected chi connectivity index (χ0v) is 12.4. The molecule has 2 atom stereocenters. The fourth-order valence-electron chi connectivity index (χ4n) is 3.10. The Bertz CT molecular complexity index is 609. The summed E-state index contributed by atoms with van der Waals surface area (Å²) >= 11 is 0. The van der Waals surface area contributed by atoms with Crippen molar-refractivity contribution in [3.63, 3.8) is 0 Å². The molecule has 112 valence electrons. The zero-order chi connectivity index (χ0) is 14.8. The molecule has 2 unspecified atom stereocenters. The van der Waals surface area contributed by atoms with E-state index < -0.39 is 23.0 Å². The van der Waals surface area contributed by atoms with E-state index in [0.717, 1.165) is 31.2 Å². The number of carbonyl (C=O) groups is 1. The van der Waals surface area contributed by atoms with Gasteiger partial charge < -0.3 is 10.4 Å². The van der Waals surface area contributed by atoms with Gasteiger partial charge in [0.1, 0.15) is 11.9 Å². The minimum Gasteiger partial charge on any atom is -0.480 e. The van der Waals surface area contributed by atoms with Crippen LogP contribution in [0.4, 0.5) is 0 Å². The van der Waals surface area contributed by atoms with Crippen molar-refractivity contribution in [3.8, 4) is 0 Å². The van der Waals surface area contributed by atoms with E-state index in [0.29, 0.717) is 10.7 Å². The van der Waals surface area contributed by atoms with Crippen molar-refractivity contribution in [1.29, 1.82) is 0 Å². The summed E-state index contributed by atoms with van der Waals surface area (Å²) in [6.45, 7) is 0. The molecule has 1 saturated carbocycles. The molecular formula is C15H18N2O3S. The summed E-state index contributed by atoms with van der Waals surface area (Å²) in [7, 11) is -1.43. The molecule has 0 saturated heterocycles. The topological polar surface area (TPSA) is 78.8 Å². The van der Waals surface area contributed by atoms with Crippen molar-refractivity contribution >= 4 is 22.8 Å². The number of carboxylic acids is 1. The van der Waals surface area contributed by atoms with E-state index in [2.05, 4.69) is 9.71 Å². The number of rotatable bonds is 3. The van der Waals surface area contributed by atoms with E-state index in [1.807, 2.05) is 18.2 Å². The van der Waals surface area contributed by atoms with Gasteiger partial charge in [-0.15, -0.1) is 0 Å². The van der Waals surface area contributed by atoms with Crippen molar-refractivity contribution in [2.24, 2.45) is 10.3 Å². The Balaban J connectivity index is 1.82. The van der Waals surface area contributed by atoms with E-state index >= 15 is 0 Å². The molecule has 1 aliphatic heterocycles. The van der Waals surface area contributed by atoms with Crippen LogP contribution in [0, 0.1) is 5.92 Å². The molecule has 1 aliphatic carbocycles. The first-order chi connectivity index (χ1) is 10.2. The van der Waals surface area contributed by atoms with Crippen LogP contribution >= 0.6 is 0 Å². The zero-order valence-electron chi connectivity index (χ0n) is 11.6. The second kappa shape index (κ2) is 5.97. The molecule has 21 heavy (non-hydrogen) atoms. The first kappa shape index (κ1) is 14.3. The monoisotopic (exact) mass is 306 g/mol. The standard InChI is InChI=1S/C15H18N2O3S/c18-15(19)13(10-6-2-1-3-7-10)16-14-11-8-4-5-9-12(11)21(20)17-14/h4-5,8-10,13H,1-3,6-7H2,(H,16,17)(H,18,19). The first-order valence-corrected chi connectivity index (χ1v) is 8.37. The average molecular weight is 306 g/mol. The Morgan fingerprint density at radius 1 is 1.29 bits per heavy atom. The van der Waals surface area contributed by atoms with Crippen molar-refractivity contribution in [2.45, 2.75) is 43.0 Å². The second-order valence-electron chi connectivity index (χ2n) is 5.54. The minimum absolute atomic E-state index is 0.111.